The summed E-state index contributed by atoms with van der Waals surface area (Å²) >= 11 is 0. The molecule has 2 N–H and O–H groups in total. The Hall–Kier alpha value is -0.610. The Bertz CT molecular complexity index is 620. The van der Waals surface area contributed by atoms with Crippen molar-refractivity contribution >= 4 is 5.97 Å². The number of ether oxygens (including phenoxy) is 1. The van der Waals surface area contributed by atoms with Gasteiger partial charge in [0.1, 0.15) is 0 Å². The summed E-state index contributed by atoms with van der Waals surface area (Å²) in [6.45, 7) is 7.12. The van der Waals surface area contributed by atoms with Crippen LogP contribution in [0.1, 0.15) is 85.0 Å². The molecule has 4 aliphatic carbocycles. The van der Waals surface area contributed by atoms with Crippen molar-refractivity contribution in [2.45, 2.75) is 97.2 Å². The highest BCUT2D eigenvalue weighted by atomic mass is 16.5. The molecular formula is C25H42O4. The summed E-state index contributed by atoms with van der Waals surface area (Å²) in [7, 11) is 1.46. The van der Waals surface area contributed by atoms with Crippen molar-refractivity contribution < 1.29 is 19.7 Å². The molecule has 0 amide bonds. The topological polar surface area (TPSA) is 66.8 Å². The molecular weight excluding hydrogens is 364 g/mol. The molecule has 4 nitrogen and oxygen atoms in total. The van der Waals surface area contributed by atoms with Crippen molar-refractivity contribution in [2.24, 2.45) is 46.3 Å². The normalized spacial score (nSPS) is 50.2. The van der Waals surface area contributed by atoms with Gasteiger partial charge in [0.15, 0.2) is 0 Å². The Labute approximate surface area is 176 Å². The average Bonchev–Trinajstić information content (AvgIpc) is 3.06. The van der Waals surface area contributed by atoms with E-state index in [4.69, 9.17) is 4.74 Å². The lowest BCUT2D eigenvalue weighted by Gasteiger charge is -2.62. The number of carbonyl (C=O) groups is 1. The molecule has 166 valence electrons. The van der Waals surface area contributed by atoms with Crippen molar-refractivity contribution in [3.8, 4) is 0 Å². The summed E-state index contributed by atoms with van der Waals surface area (Å²) in [6.07, 6.45) is 9.86. The van der Waals surface area contributed by atoms with E-state index in [1.807, 2.05) is 0 Å². The second-order valence-electron chi connectivity index (χ2n) is 11.5. The van der Waals surface area contributed by atoms with Crippen LogP contribution < -0.4 is 0 Å². The number of fused-ring (bicyclic) bond motifs is 5. The van der Waals surface area contributed by atoms with Gasteiger partial charge in [0.05, 0.1) is 19.3 Å². The minimum atomic E-state index is -0.246. The monoisotopic (exact) mass is 406 g/mol. The van der Waals surface area contributed by atoms with Gasteiger partial charge >= 0.3 is 5.97 Å². The minimum absolute atomic E-state index is 0.0198. The number of hydrogen-bond donors (Lipinski definition) is 2. The lowest BCUT2D eigenvalue weighted by molar-refractivity contribution is -0.175. The molecule has 1 unspecified atom stereocenters. The van der Waals surface area contributed by atoms with Crippen LogP contribution in [0.15, 0.2) is 0 Å². The van der Waals surface area contributed by atoms with Crippen molar-refractivity contribution in [1.29, 1.82) is 0 Å². The van der Waals surface area contributed by atoms with E-state index in [-0.39, 0.29) is 23.6 Å². The van der Waals surface area contributed by atoms with Gasteiger partial charge in [-0.2, -0.15) is 0 Å². The Morgan fingerprint density at radius 3 is 2.55 bits per heavy atom. The molecule has 0 bridgehead atoms. The first-order valence-corrected chi connectivity index (χ1v) is 12.1. The Morgan fingerprint density at radius 2 is 1.83 bits per heavy atom. The lowest BCUT2D eigenvalue weighted by Crippen LogP contribution is -2.58. The van der Waals surface area contributed by atoms with E-state index in [0.29, 0.717) is 41.4 Å². The largest absolute Gasteiger partial charge is 0.469 e. The van der Waals surface area contributed by atoms with Crippen molar-refractivity contribution in [3.63, 3.8) is 0 Å². The van der Waals surface area contributed by atoms with E-state index >= 15 is 0 Å². The van der Waals surface area contributed by atoms with E-state index in [1.165, 1.54) is 32.8 Å². The standard InChI is InChI=1S/C25H42O4/c1-15(5-10-23(28)29-4)19-8-9-20-18-7-6-16-13-17(26)11-12-24(16,2)21(18)14-22(27)25(19,20)3/h15-22,26-27H,5-14H2,1-4H3/t15-,16?,17-,18+,19-,20+,21+,22+,24+,25-/m1/s1. The molecule has 10 atom stereocenters. The van der Waals surface area contributed by atoms with Crippen LogP contribution in [-0.4, -0.2) is 35.5 Å². The van der Waals surface area contributed by atoms with Gasteiger partial charge in [0.25, 0.3) is 0 Å². The first kappa shape index (κ1) is 21.6. The Balaban J connectivity index is 1.53. The molecule has 0 aromatic carbocycles. The number of aliphatic hydroxyl groups excluding tert-OH is 2. The zero-order valence-corrected chi connectivity index (χ0v) is 18.9. The zero-order chi connectivity index (χ0) is 21.0. The summed E-state index contributed by atoms with van der Waals surface area (Å²) in [4.78, 5) is 11.6. The summed E-state index contributed by atoms with van der Waals surface area (Å²) in [5, 5.41) is 21.8. The fourth-order valence-corrected chi connectivity index (χ4v) is 8.81. The van der Waals surface area contributed by atoms with Gasteiger partial charge in [-0.05, 0) is 104 Å². The molecule has 4 saturated carbocycles. The van der Waals surface area contributed by atoms with E-state index in [2.05, 4.69) is 20.8 Å². The number of carbonyl (C=O) groups excluding carboxylic acids is 1. The Morgan fingerprint density at radius 1 is 1.07 bits per heavy atom. The summed E-state index contributed by atoms with van der Waals surface area (Å²) in [5.41, 5.74) is 0.271. The van der Waals surface area contributed by atoms with E-state index in [9.17, 15) is 15.0 Å². The number of methoxy groups -OCH3 is 1. The highest BCUT2D eigenvalue weighted by molar-refractivity contribution is 5.69. The van der Waals surface area contributed by atoms with Crippen LogP contribution in [-0.2, 0) is 9.53 Å². The van der Waals surface area contributed by atoms with E-state index in [1.54, 1.807) is 0 Å². The molecule has 0 aliphatic heterocycles. The highest BCUT2D eigenvalue weighted by Crippen LogP contribution is 2.68. The SMILES string of the molecule is COC(=O)CC[C@@H](C)[C@H]1CC[C@H]2[C@@H]3CCC4C[C@H](O)CC[C@]4(C)[C@H]3C[C@H](O)[C@]12C. The molecule has 0 saturated heterocycles. The molecule has 0 aromatic rings. The number of esters is 1. The molecule has 0 aromatic heterocycles. The molecule has 0 radical (unpaired) electrons. The second kappa shape index (κ2) is 7.82. The quantitative estimate of drug-likeness (QED) is 0.671. The molecule has 0 heterocycles. The van der Waals surface area contributed by atoms with E-state index < -0.39 is 0 Å². The van der Waals surface area contributed by atoms with Crippen LogP contribution in [0.5, 0.6) is 0 Å². The van der Waals surface area contributed by atoms with Crippen LogP contribution in [0.2, 0.25) is 0 Å². The van der Waals surface area contributed by atoms with E-state index in [0.717, 1.165) is 38.0 Å². The van der Waals surface area contributed by atoms with Gasteiger partial charge in [0, 0.05) is 6.42 Å². The molecule has 0 spiro atoms. The summed E-state index contributed by atoms with van der Waals surface area (Å²) in [5.74, 6) is 3.36. The lowest BCUT2D eigenvalue weighted by atomic mass is 9.43. The smallest absolute Gasteiger partial charge is 0.305 e. The third-order valence-corrected chi connectivity index (χ3v) is 10.5. The van der Waals surface area contributed by atoms with Gasteiger partial charge in [-0.15, -0.1) is 0 Å². The average molecular weight is 407 g/mol. The molecule has 4 rings (SSSR count). The van der Waals surface area contributed by atoms with Crippen molar-refractivity contribution in [3.05, 3.63) is 0 Å². The summed E-state index contributed by atoms with van der Waals surface area (Å²) in [6, 6.07) is 0. The fraction of sp³-hybridized carbons (Fsp3) is 0.960. The van der Waals surface area contributed by atoms with Crippen LogP contribution in [0.25, 0.3) is 0 Å². The number of aliphatic hydroxyl groups is 2. The first-order chi connectivity index (χ1) is 13.7. The molecule has 4 aliphatic rings. The molecule has 29 heavy (non-hydrogen) atoms. The minimum Gasteiger partial charge on any atom is -0.469 e. The van der Waals surface area contributed by atoms with Gasteiger partial charge < -0.3 is 14.9 Å². The maximum atomic E-state index is 11.6. The molecule has 4 fully saturated rings. The highest BCUT2D eigenvalue weighted by Gasteiger charge is 2.63. The maximum absolute atomic E-state index is 11.6. The van der Waals surface area contributed by atoms with Crippen LogP contribution in [0, 0.1) is 46.3 Å². The van der Waals surface area contributed by atoms with Crippen molar-refractivity contribution in [2.75, 3.05) is 7.11 Å². The second-order valence-corrected chi connectivity index (χ2v) is 11.5. The zero-order valence-electron chi connectivity index (χ0n) is 18.9. The van der Waals surface area contributed by atoms with Crippen LogP contribution in [0.3, 0.4) is 0 Å². The Kier molecular flexibility index (Phi) is 5.83. The third-order valence-electron chi connectivity index (χ3n) is 10.5. The maximum Gasteiger partial charge on any atom is 0.305 e. The van der Waals surface area contributed by atoms with Gasteiger partial charge in [-0.25, -0.2) is 0 Å². The van der Waals surface area contributed by atoms with Gasteiger partial charge in [0.2, 0.25) is 0 Å². The van der Waals surface area contributed by atoms with Gasteiger partial charge in [-0.3, -0.25) is 4.79 Å². The van der Waals surface area contributed by atoms with Crippen LogP contribution >= 0.6 is 0 Å². The predicted molar refractivity (Wildman–Crippen MR) is 113 cm³/mol. The first-order valence-electron chi connectivity index (χ1n) is 12.1. The van der Waals surface area contributed by atoms with Crippen LogP contribution in [0.4, 0.5) is 0 Å². The third kappa shape index (κ3) is 3.37. The van der Waals surface area contributed by atoms with Crippen molar-refractivity contribution in [1.82, 2.24) is 0 Å². The number of rotatable bonds is 4. The van der Waals surface area contributed by atoms with Gasteiger partial charge in [-0.1, -0.05) is 20.8 Å². The fourth-order valence-electron chi connectivity index (χ4n) is 8.81. The number of hydrogen-bond acceptors (Lipinski definition) is 4. The molecule has 4 heteroatoms. The summed E-state index contributed by atoms with van der Waals surface area (Å²) < 4.78 is 4.85. The predicted octanol–water partition coefficient (Wildman–Crippen LogP) is 4.57.